The van der Waals surface area contributed by atoms with E-state index in [1.807, 2.05) is 0 Å². The summed E-state index contributed by atoms with van der Waals surface area (Å²) in [5.74, 6) is -0.921. The Kier molecular flexibility index (Phi) is 7.09. The zero-order chi connectivity index (χ0) is 24.2. The van der Waals surface area contributed by atoms with Gasteiger partial charge in [0, 0.05) is 34.4 Å². The third-order valence-electron chi connectivity index (χ3n) is 5.20. The molecule has 3 amide bonds. The van der Waals surface area contributed by atoms with Crippen LogP contribution in [0.25, 0.3) is 0 Å². The molecule has 11 heteroatoms. The smallest absolute Gasteiger partial charge is 0.305 e. The normalized spacial score (nSPS) is 13.8. The van der Waals surface area contributed by atoms with E-state index in [2.05, 4.69) is 42.3 Å². The fourth-order valence-electron chi connectivity index (χ4n) is 3.60. The van der Waals surface area contributed by atoms with Crippen LogP contribution in [0.2, 0.25) is 5.02 Å². The van der Waals surface area contributed by atoms with E-state index in [1.54, 1.807) is 43.5 Å². The second-order valence-electron chi connectivity index (χ2n) is 7.49. The lowest BCUT2D eigenvalue weighted by Crippen LogP contribution is -2.41. The van der Waals surface area contributed by atoms with Crippen LogP contribution in [0, 0.1) is 6.92 Å². The highest BCUT2D eigenvalue weighted by atomic mass is 79.9. The Balaban J connectivity index is 1.49. The number of carbonyl (C=O) groups excluding carboxylic acids is 3. The molecule has 1 aliphatic rings. The lowest BCUT2D eigenvalue weighted by atomic mass is 9.93. The molecule has 9 nitrogen and oxygen atoms in total. The number of hydrogen-bond donors (Lipinski definition) is 3. The number of fused-ring (bicyclic) bond motifs is 1. The molecule has 34 heavy (non-hydrogen) atoms. The lowest BCUT2D eigenvalue weighted by molar-refractivity contribution is 0.0829. The standard InChI is InChI=1S/C23H19BrClN5O4/c1-12-19-17(27-28-21(31)13-9-14(24)11-26-10-13)7-4-8-18(19)34-20(12)23(33)30-29-22(32)15-5-2-3-6-16(15)25/h2-3,5-6,9-11H,4,7-8H2,1H3,(H,28,31)(H,29,32)(H,30,33)/b27-17+. The topological polar surface area (TPSA) is 126 Å². The van der Waals surface area contributed by atoms with Crippen LogP contribution in [0.15, 0.2) is 56.7 Å². The molecular formula is C23H19BrClN5O4. The molecule has 0 aliphatic heterocycles. The van der Waals surface area contributed by atoms with Crippen LogP contribution in [-0.2, 0) is 6.42 Å². The summed E-state index contributed by atoms with van der Waals surface area (Å²) >= 11 is 9.30. The van der Waals surface area contributed by atoms with Crippen LogP contribution in [0.4, 0.5) is 0 Å². The fraction of sp³-hybridized carbons (Fsp3) is 0.174. The molecule has 3 aromatic rings. The monoisotopic (exact) mass is 543 g/mol. The summed E-state index contributed by atoms with van der Waals surface area (Å²) < 4.78 is 6.48. The van der Waals surface area contributed by atoms with Crippen LogP contribution < -0.4 is 16.3 Å². The Hall–Kier alpha value is -3.50. The van der Waals surface area contributed by atoms with Gasteiger partial charge in [0.15, 0.2) is 5.76 Å². The van der Waals surface area contributed by atoms with Gasteiger partial charge in [-0.2, -0.15) is 5.10 Å². The van der Waals surface area contributed by atoms with E-state index in [0.717, 1.165) is 6.42 Å². The molecule has 4 rings (SSSR count). The summed E-state index contributed by atoms with van der Waals surface area (Å²) in [5.41, 5.74) is 9.68. The summed E-state index contributed by atoms with van der Waals surface area (Å²) in [5, 5.41) is 4.55. The third kappa shape index (κ3) is 5.02. The Morgan fingerprint density at radius 2 is 1.85 bits per heavy atom. The maximum Gasteiger partial charge on any atom is 0.305 e. The maximum absolute atomic E-state index is 12.7. The van der Waals surface area contributed by atoms with Gasteiger partial charge < -0.3 is 4.42 Å². The molecule has 0 atom stereocenters. The van der Waals surface area contributed by atoms with Crippen LogP contribution in [0.1, 0.15) is 61.0 Å². The molecule has 0 saturated heterocycles. The van der Waals surface area contributed by atoms with Crippen LogP contribution in [-0.4, -0.2) is 28.4 Å². The van der Waals surface area contributed by atoms with Crippen molar-refractivity contribution < 1.29 is 18.8 Å². The predicted molar refractivity (Wildman–Crippen MR) is 129 cm³/mol. The third-order valence-corrected chi connectivity index (χ3v) is 5.96. The molecule has 0 saturated carbocycles. The van der Waals surface area contributed by atoms with Gasteiger partial charge in [-0.05, 0) is 53.9 Å². The number of hydrogen-bond acceptors (Lipinski definition) is 6. The average molecular weight is 545 g/mol. The van der Waals surface area contributed by atoms with E-state index >= 15 is 0 Å². The molecule has 174 valence electrons. The molecule has 3 N–H and O–H groups in total. The van der Waals surface area contributed by atoms with Crippen molar-refractivity contribution in [1.29, 1.82) is 0 Å². The van der Waals surface area contributed by atoms with E-state index in [4.69, 9.17) is 16.0 Å². The van der Waals surface area contributed by atoms with Crippen molar-refractivity contribution in [3.05, 3.63) is 86.0 Å². The summed E-state index contributed by atoms with van der Waals surface area (Å²) in [4.78, 5) is 41.4. The number of pyridine rings is 1. The lowest BCUT2D eigenvalue weighted by Gasteiger charge is -2.13. The maximum atomic E-state index is 12.7. The largest absolute Gasteiger partial charge is 0.455 e. The van der Waals surface area contributed by atoms with Crippen molar-refractivity contribution in [1.82, 2.24) is 21.3 Å². The van der Waals surface area contributed by atoms with E-state index in [9.17, 15) is 14.4 Å². The zero-order valence-corrected chi connectivity index (χ0v) is 20.3. The van der Waals surface area contributed by atoms with Gasteiger partial charge in [0.2, 0.25) is 0 Å². The van der Waals surface area contributed by atoms with E-state index in [1.165, 1.54) is 6.20 Å². The summed E-state index contributed by atoms with van der Waals surface area (Å²) in [6.07, 6.45) is 4.99. The number of carbonyl (C=O) groups is 3. The van der Waals surface area contributed by atoms with Gasteiger partial charge in [-0.25, -0.2) is 5.43 Å². The van der Waals surface area contributed by atoms with E-state index in [-0.39, 0.29) is 16.3 Å². The van der Waals surface area contributed by atoms with Crippen LogP contribution >= 0.6 is 27.5 Å². The van der Waals surface area contributed by atoms with Gasteiger partial charge >= 0.3 is 5.91 Å². The van der Waals surface area contributed by atoms with Crippen LogP contribution in [0.5, 0.6) is 0 Å². The Bertz CT molecular complexity index is 1320. The summed E-state index contributed by atoms with van der Waals surface area (Å²) in [7, 11) is 0. The predicted octanol–water partition coefficient (Wildman–Crippen LogP) is 3.94. The number of nitrogens with zero attached hydrogens (tertiary/aromatic N) is 2. The molecule has 0 unspecified atom stereocenters. The number of halogens is 2. The molecule has 0 spiro atoms. The van der Waals surface area contributed by atoms with Gasteiger partial charge in [0.25, 0.3) is 11.8 Å². The quantitative estimate of drug-likeness (QED) is 0.429. The zero-order valence-electron chi connectivity index (χ0n) is 17.9. The first-order valence-electron chi connectivity index (χ1n) is 10.3. The first-order valence-corrected chi connectivity index (χ1v) is 11.5. The Labute approximate surface area is 208 Å². The Morgan fingerprint density at radius 3 is 2.62 bits per heavy atom. The molecule has 0 bridgehead atoms. The van der Waals surface area contributed by atoms with Crippen molar-refractivity contribution >= 4 is 51.0 Å². The van der Waals surface area contributed by atoms with Gasteiger partial charge in [-0.3, -0.25) is 30.2 Å². The molecule has 2 heterocycles. The number of amides is 3. The first kappa shape index (κ1) is 23.7. The van der Waals surface area contributed by atoms with Crippen molar-refractivity contribution in [2.24, 2.45) is 5.10 Å². The minimum Gasteiger partial charge on any atom is -0.455 e. The molecule has 0 radical (unpaired) electrons. The molecule has 1 aliphatic carbocycles. The Morgan fingerprint density at radius 1 is 1.09 bits per heavy atom. The minimum absolute atomic E-state index is 0.0570. The van der Waals surface area contributed by atoms with Crippen molar-refractivity contribution in [3.8, 4) is 0 Å². The molecule has 2 aromatic heterocycles. The molecular weight excluding hydrogens is 526 g/mol. The first-order chi connectivity index (χ1) is 16.3. The number of benzene rings is 1. The number of furan rings is 1. The highest BCUT2D eigenvalue weighted by molar-refractivity contribution is 9.10. The fourth-order valence-corrected chi connectivity index (χ4v) is 4.18. The van der Waals surface area contributed by atoms with Gasteiger partial charge in [-0.1, -0.05) is 23.7 Å². The summed E-state index contributed by atoms with van der Waals surface area (Å²) in [6, 6.07) is 8.13. The highest BCUT2D eigenvalue weighted by Crippen LogP contribution is 2.29. The number of nitrogens with one attached hydrogen (secondary N) is 3. The van der Waals surface area contributed by atoms with Gasteiger partial charge in [0.05, 0.1) is 21.9 Å². The van der Waals surface area contributed by atoms with E-state index < -0.39 is 17.7 Å². The average Bonchev–Trinajstić information content (AvgIpc) is 3.18. The van der Waals surface area contributed by atoms with Gasteiger partial charge in [-0.15, -0.1) is 0 Å². The molecule has 0 fully saturated rings. The second-order valence-corrected chi connectivity index (χ2v) is 8.81. The van der Waals surface area contributed by atoms with Crippen molar-refractivity contribution in [2.45, 2.75) is 26.2 Å². The number of aryl methyl sites for hydroxylation is 1. The highest BCUT2D eigenvalue weighted by Gasteiger charge is 2.28. The number of aromatic nitrogens is 1. The van der Waals surface area contributed by atoms with E-state index in [0.29, 0.717) is 45.5 Å². The van der Waals surface area contributed by atoms with Crippen molar-refractivity contribution in [2.75, 3.05) is 0 Å². The SMILES string of the molecule is Cc1c(C(=O)NNC(=O)c2ccccc2Cl)oc2c1/C(=N/NC(=O)c1cncc(Br)c1)CCC2. The molecule has 1 aromatic carbocycles. The number of rotatable bonds is 4. The number of hydrazone groups is 1. The minimum atomic E-state index is -0.615. The van der Waals surface area contributed by atoms with Crippen LogP contribution in [0.3, 0.4) is 0 Å². The second kappa shape index (κ2) is 10.2. The number of hydrazine groups is 1. The summed E-state index contributed by atoms with van der Waals surface area (Å²) in [6.45, 7) is 1.73. The van der Waals surface area contributed by atoms with Gasteiger partial charge in [0.1, 0.15) is 5.76 Å². The van der Waals surface area contributed by atoms with Crippen molar-refractivity contribution in [3.63, 3.8) is 0 Å².